The maximum atomic E-state index is 5.66. The molecule has 108 valence electrons. The predicted octanol–water partition coefficient (Wildman–Crippen LogP) is 2.43. The van der Waals surface area contributed by atoms with Gasteiger partial charge in [-0.2, -0.15) is 0 Å². The molecule has 1 aromatic rings. The summed E-state index contributed by atoms with van der Waals surface area (Å²) in [5.41, 5.74) is 1.30. The van der Waals surface area contributed by atoms with E-state index in [1.807, 2.05) is 13.0 Å². The molecule has 4 nitrogen and oxygen atoms in total. The first-order chi connectivity index (χ1) is 9.26. The smallest absolute Gasteiger partial charge is 0.377 e. The topological polar surface area (TPSA) is 39.7 Å². The molecule has 1 aromatic carbocycles. The van der Waals surface area contributed by atoms with E-state index in [4.69, 9.17) is 13.3 Å². The number of rotatable bonds is 10. The van der Waals surface area contributed by atoms with E-state index in [2.05, 4.69) is 29.6 Å². The van der Waals surface area contributed by atoms with E-state index in [0.717, 1.165) is 25.6 Å². The van der Waals surface area contributed by atoms with Gasteiger partial charge in [0.05, 0.1) is 0 Å². The summed E-state index contributed by atoms with van der Waals surface area (Å²) in [7, 11) is 0.926. The Kier molecular flexibility index (Phi) is 7.93. The molecule has 0 saturated heterocycles. The quantitative estimate of drug-likeness (QED) is 0.529. The largest absolute Gasteiger partial charge is 0.500 e. The minimum atomic E-state index is -2.41. The van der Waals surface area contributed by atoms with Crippen molar-refractivity contribution < 1.29 is 13.3 Å². The van der Waals surface area contributed by atoms with Gasteiger partial charge in [0.1, 0.15) is 0 Å². The Morgan fingerprint density at radius 3 is 2.37 bits per heavy atom. The van der Waals surface area contributed by atoms with Crippen LogP contribution < -0.4 is 5.32 Å². The summed E-state index contributed by atoms with van der Waals surface area (Å²) < 4.78 is 16.6. The Bertz CT molecular complexity index is 331. The van der Waals surface area contributed by atoms with Crippen molar-refractivity contribution in [3.8, 4) is 0 Å². The van der Waals surface area contributed by atoms with Gasteiger partial charge in [-0.05, 0) is 25.5 Å². The number of hydrogen-bond donors (Lipinski definition) is 1. The van der Waals surface area contributed by atoms with Crippen LogP contribution in [0.25, 0.3) is 0 Å². The van der Waals surface area contributed by atoms with Crippen LogP contribution in [0.5, 0.6) is 0 Å². The highest BCUT2D eigenvalue weighted by molar-refractivity contribution is 6.60. The summed E-state index contributed by atoms with van der Waals surface area (Å²) in [6, 6.07) is 11.2. The van der Waals surface area contributed by atoms with Gasteiger partial charge in [-0.3, -0.25) is 0 Å². The zero-order valence-electron chi connectivity index (χ0n) is 12.1. The fourth-order valence-corrected chi connectivity index (χ4v) is 3.96. The van der Waals surface area contributed by atoms with Crippen molar-refractivity contribution in [3.05, 3.63) is 35.9 Å². The summed E-state index contributed by atoms with van der Waals surface area (Å²) in [5.74, 6) is 0. The summed E-state index contributed by atoms with van der Waals surface area (Å²) in [6.07, 6.45) is 0.987. The molecular weight excluding hydrogens is 258 g/mol. The van der Waals surface area contributed by atoms with Gasteiger partial charge in [0.15, 0.2) is 0 Å². The van der Waals surface area contributed by atoms with Crippen LogP contribution in [0.15, 0.2) is 30.3 Å². The minimum absolute atomic E-state index is 0.630. The third-order valence-corrected chi connectivity index (χ3v) is 5.93. The van der Waals surface area contributed by atoms with Gasteiger partial charge < -0.3 is 18.6 Å². The maximum absolute atomic E-state index is 5.66. The van der Waals surface area contributed by atoms with Crippen molar-refractivity contribution in [1.82, 2.24) is 5.32 Å². The van der Waals surface area contributed by atoms with E-state index in [1.54, 1.807) is 14.2 Å². The molecule has 0 aromatic heterocycles. The molecule has 0 aliphatic carbocycles. The van der Waals surface area contributed by atoms with Crippen molar-refractivity contribution in [2.75, 3.05) is 27.4 Å². The van der Waals surface area contributed by atoms with Gasteiger partial charge in [-0.15, -0.1) is 0 Å². The Morgan fingerprint density at radius 1 is 1.11 bits per heavy atom. The van der Waals surface area contributed by atoms with Gasteiger partial charge in [0, 0.05) is 33.4 Å². The molecule has 0 saturated carbocycles. The first-order valence-electron chi connectivity index (χ1n) is 6.75. The summed E-state index contributed by atoms with van der Waals surface area (Å²) >= 11 is 0. The average Bonchev–Trinajstić information content (AvgIpc) is 2.47. The van der Waals surface area contributed by atoms with Gasteiger partial charge in [-0.25, -0.2) is 0 Å². The van der Waals surface area contributed by atoms with Crippen molar-refractivity contribution in [3.63, 3.8) is 0 Å². The van der Waals surface area contributed by atoms with Gasteiger partial charge in [0.2, 0.25) is 0 Å². The molecule has 0 heterocycles. The Labute approximate surface area is 117 Å². The zero-order valence-corrected chi connectivity index (χ0v) is 13.1. The van der Waals surface area contributed by atoms with E-state index in [-0.39, 0.29) is 0 Å². The highest BCUT2D eigenvalue weighted by atomic mass is 28.4. The van der Waals surface area contributed by atoms with E-state index >= 15 is 0 Å². The first kappa shape index (κ1) is 16.3. The molecule has 19 heavy (non-hydrogen) atoms. The van der Waals surface area contributed by atoms with Crippen molar-refractivity contribution in [2.24, 2.45) is 0 Å². The Hall–Kier alpha value is -0.723. The van der Waals surface area contributed by atoms with Crippen molar-refractivity contribution in [2.45, 2.75) is 25.9 Å². The molecule has 1 rings (SSSR count). The molecule has 0 radical (unpaired) electrons. The molecule has 0 fully saturated rings. The van der Waals surface area contributed by atoms with Crippen LogP contribution in [-0.4, -0.2) is 36.2 Å². The van der Waals surface area contributed by atoms with Crippen molar-refractivity contribution in [1.29, 1.82) is 0 Å². The number of nitrogens with one attached hydrogen (secondary N) is 1. The molecule has 0 aliphatic rings. The van der Waals surface area contributed by atoms with E-state index < -0.39 is 8.80 Å². The van der Waals surface area contributed by atoms with Crippen LogP contribution in [0.1, 0.15) is 18.9 Å². The fourth-order valence-electron chi connectivity index (χ4n) is 1.96. The second kappa shape index (κ2) is 9.22. The molecule has 0 unspecified atom stereocenters. The van der Waals surface area contributed by atoms with Crippen LogP contribution in [-0.2, 0) is 19.8 Å². The van der Waals surface area contributed by atoms with Gasteiger partial charge >= 0.3 is 8.80 Å². The lowest BCUT2D eigenvalue weighted by atomic mass is 10.2. The minimum Gasteiger partial charge on any atom is -0.377 e. The number of benzene rings is 1. The third kappa shape index (κ3) is 5.84. The normalized spacial score (nSPS) is 11.7. The first-order valence-corrected chi connectivity index (χ1v) is 8.68. The molecule has 0 amide bonds. The Morgan fingerprint density at radius 2 is 1.79 bits per heavy atom. The average molecular weight is 283 g/mol. The maximum Gasteiger partial charge on any atom is 0.500 e. The van der Waals surface area contributed by atoms with E-state index in [0.29, 0.717) is 6.61 Å². The molecule has 5 heteroatoms. The summed E-state index contributed by atoms with van der Waals surface area (Å²) in [4.78, 5) is 0. The highest BCUT2D eigenvalue weighted by Gasteiger charge is 2.37. The molecule has 0 atom stereocenters. The van der Waals surface area contributed by atoms with Crippen LogP contribution in [0.2, 0.25) is 6.04 Å². The van der Waals surface area contributed by atoms with Crippen LogP contribution in [0, 0.1) is 0 Å². The lowest BCUT2D eigenvalue weighted by Crippen LogP contribution is -2.44. The SMILES string of the molecule is CCO[Si](CCCNCc1ccccc1)(OC)OC. The lowest BCUT2D eigenvalue weighted by molar-refractivity contribution is 0.103. The zero-order chi connectivity index (χ0) is 14.0. The third-order valence-electron chi connectivity index (χ3n) is 2.99. The fraction of sp³-hybridized carbons (Fsp3) is 0.571. The molecule has 1 N–H and O–H groups in total. The molecule has 0 spiro atoms. The molecule has 0 aliphatic heterocycles. The second-order valence-electron chi connectivity index (χ2n) is 4.29. The summed E-state index contributed by atoms with van der Waals surface area (Å²) in [6.45, 7) is 4.42. The predicted molar refractivity (Wildman–Crippen MR) is 79.0 cm³/mol. The van der Waals surface area contributed by atoms with Crippen LogP contribution in [0.3, 0.4) is 0 Å². The van der Waals surface area contributed by atoms with Crippen LogP contribution >= 0.6 is 0 Å². The van der Waals surface area contributed by atoms with E-state index in [9.17, 15) is 0 Å². The summed E-state index contributed by atoms with van der Waals surface area (Å²) in [5, 5.41) is 3.42. The van der Waals surface area contributed by atoms with E-state index in [1.165, 1.54) is 5.56 Å². The monoisotopic (exact) mass is 283 g/mol. The second-order valence-corrected chi connectivity index (χ2v) is 7.26. The standard InChI is InChI=1S/C14H25NO3Si/c1-4-18-19(16-2,17-3)12-8-11-15-13-14-9-6-5-7-10-14/h5-7,9-10,15H,4,8,11-13H2,1-3H3. The van der Waals surface area contributed by atoms with Gasteiger partial charge in [-0.1, -0.05) is 30.3 Å². The highest BCUT2D eigenvalue weighted by Crippen LogP contribution is 2.15. The van der Waals surface area contributed by atoms with Crippen molar-refractivity contribution >= 4 is 8.80 Å². The Balaban J connectivity index is 2.22. The van der Waals surface area contributed by atoms with Gasteiger partial charge in [0.25, 0.3) is 0 Å². The van der Waals surface area contributed by atoms with Crippen LogP contribution in [0.4, 0.5) is 0 Å². The number of hydrogen-bond acceptors (Lipinski definition) is 4. The molecular formula is C14H25NO3Si. The molecule has 0 bridgehead atoms. The lowest BCUT2D eigenvalue weighted by Gasteiger charge is -2.25.